The Hall–Kier alpha value is -3.11. The highest BCUT2D eigenvalue weighted by Crippen LogP contribution is 2.59. The summed E-state index contributed by atoms with van der Waals surface area (Å²) in [6.45, 7) is 8.34. The van der Waals surface area contributed by atoms with Crippen molar-refractivity contribution in [1.29, 1.82) is 0 Å². The monoisotopic (exact) mass is 475 g/mol. The van der Waals surface area contributed by atoms with Crippen LogP contribution in [-0.2, 0) is 18.1 Å². The van der Waals surface area contributed by atoms with Gasteiger partial charge in [0.25, 0.3) is 5.56 Å². The number of anilines is 1. The molecule has 1 saturated carbocycles. The predicted molar refractivity (Wildman–Crippen MR) is 124 cm³/mol. The van der Waals surface area contributed by atoms with Gasteiger partial charge < -0.3 is 4.90 Å². The van der Waals surface area contributed by atoms with Gasteiger partial charge in [-0.1, -0.05) is 24.3 Å². The second kappa shape index (κ2) is 8.92. The lowest BCUT2D eigenvalue weighted by atomic mass is 9.94. The Labute approximate surface area is 195 Å². The molecule has 2 aliphatic rings. The third-order valence-corrected chi connectivity index (χ3v) is 6.67. The van der Waals surface area contributed by atoms with Gasteiger partial charge in [0, 0.05) is 37.4 Å². The minimum atomic E-state index is -4.33. The molecule has 1 saturated heterocycles. The van der Waals surface area contributed by atoms with Crippen molar-refractivity contribution in [2.75, 3.05) is 24.6 Å². The van der Waals surface area contributed by atoms with Crippen molar-refractivity contribution >= 4 is 5.69 Å². The van der Waals surface area contributed by atoms with Crippen LogP contribution < -0.4 is 22.1 Å². The number of aromatic amines is 1. The van der Waals surface area contributed by atoms with Crippen LogP contribution in [0.25, 0.3) is 0 Å². The number of halogens is 3. The van der Waals surface area contributed by atoms with Gasteiger partial charge in [-0.05, 0) is 56.0 Å². The number of nitrogens with zero attached hydrogens (tertiary/aromatic N) is 3. The van der Waals surface area contributed by atoms with Gasteiger partial charge in [0.1, 0.15) is 5.69 Å². The predicted octanol–water partition coefficient (Wildman–Crippen LogP) is 2.99. The molecule has 3 N–H and O–H groups in total. The molecule has 182 valence electrons. The van der Waals surface area contributed by atoms with Crippen molar-refractivity contribution in [3.8, 4) is 0 Å². The first-order chi connectivity index (χ1) is 16.0. The SMILES string of the molecule is C=C(C)/C=C\N(N)c1cn(CCCN2C[C@@H]3C[C@]3(c3ccc(C(F)(F)F)cc3)C2)c(=O)[nH]c1=O. The fourth-order valence-corrected chi connectivity index (χ4v) is 4.80. The zero-order valence-corrected chi connectivity index (χ0v) is 18.9. The van der Waals surface area contributed by atoms with Crippen LogP contribution in [-0.4, -0.2) is 34.1 Å². The van der Waals surface area contributed by atoms with Gasteiger partial charge in [0.05, 0.1) is 5.56 Å². The average Bonchev–Trinajstić information content (AvgIpc) is 3.34. The van der Waals surface area contributed by atoms with Crippen LogP contribution in [0.3, 0.4) is 0 Å². The molecule has 0 unspecified atom stereocenters. The van der Waals surface area contributed by atoms with Crippen molar-refractivity contribution in [3.63, 3.8) is 0 Å². The number of aromatic nitrogens is 2. The zero-order valence-electron chi connectivity index (χ0n) is 18.9. The number of benzene rings is 1. The number of likely N-dealkylation sites (tertiary alicyclic amines) is 1. The number of nitrogens with one attached hydrogen (secondary N) is 1. The van der Waals surface area contributed by atoms with E-state index in [2.05, 4.69) is 16.5 Å². The Morgan fingerprint density at radius 1 is 1.29 bits per heavy atom. The highest BCUT2D eigenvalue weighted by molar-refractivity contribution is 5.44. The highest BCUT2D eigenvalue weighted by Gasteiger charge is 2.60. The molecule has 2 aromatic rings. The maximum atomic E-state index is 12.9. The quantitative estimate of drug-likeness (QED) is 0.348. The normalized spacial score (nSPS) is 22.2. The third-order valence-electron chi connectivity index (χ3n) is 6.67. The van der Waals surface area contributed by atoms with Gasteiger partial charge in [-0.3, -0.25) is 19.4 Å². The first-order valence-electron chi connectivity index (χ1n) is 11.1. The standard InChI is InChI=1S/C24H28F3N5O2/c1-16(2)8-11-32(28)20-14-31(22(34)29-21(20)33)10-3-9-30-13-19-12-23(19,15-30)17-4-6-18(7-5-17)24(25,26)27/h4-8,11,14,19H,1,3,9-10,12-13,15,28H2,2H3,(H,29,33,34)/b11-8-/t19-,23+/m0/s1. The Morgan fingerprint density at radius 2 is 2.00 bits per heavy atom. The number of fused-ring (bicyclic) bond motifs is 1. The average molecular weight is 476 g/mol. The molecule has 1 aromatic heterocycles. The Balaban J connectivity index is 1.36. The van der Waals surface area contributed by atoms with Crippen molar-refractivity contribution in [2.45, 2.75) is 37.9 Å². The maximum Gasteiger partial charge on any atom is 0.416 e. The molecule has 4 rings (SSSR count). The number of piperidine rings is 1. The minimum Gasteiger partial charge on any atom is -0.302 e. The molecule has 2 atom stereocenters. The lowest BCUT2D eigenvalue weighted by molar-refractivity contribution is -0.137. The fraction of sp³-hybridized carbons (Fsp3) is 0.417. The van der Waals surface area contributed by atoms with Crippen molar-refractivity contribution in [2.24, 2.45) is 11.8 Å². The van der Waals surface area contributed by atoms with E-state index in [-0.39, 0.29) is 11.1 Å². The van der Waals surface area contributed by atoms with Crippen LogP contribution in [0.2, 0.25) is 0 Å². The Kier molecular flexibility index (Phi) is 6.30. The summed E-state index contributed by atoms with van der Waals surface area (Å²) in [5.74, 6) is 6.36. The summed E-state index contributed by atoms with van der Waals surface area (Å²) in [4.78, 5) is 28.9. The van der Waals surface area contributed by atoms with E-state index in [1.807, 2.05) is 0 Å². The lowest BCUT2D eigenvalue weighted by Gasteiger charge is -2.21. The molecular formula is C24H28F3N5O2. The van der Waals surface area contributed by atoms with Gasteiger partial charge in [-0.15, -0.1) is 0 Å². The molecule has 0 bridgehead atoms. The van der Waals surface area contributed by atoms with Crippen LogP contribution in [0.15, 0.2) is 64.5 Å². The van der Waals surface area contributed by atoms with E-state index in [0.29, 0.717) is 18.9 Å². The number of aryl methyl sites for hydroxylation is 1. The summed E-state index contributed by atoms with van der Waals surface area (Å²) in [5.41, 5.74) is 0.0855. The smallest absolute Gasteiger partial charge is 0.302 e. The number of hydrogen-bond acceptors (Lipinski definition) is 5. The molecular weight excluding hydrogens is 447 g/mol. The Morgan fingerprint density at radius 3 is 2.65 bits per heavy atom. The van der Waals surface area contributed by atoms with E-state index in [9.17, 15) is 22.8 Å². The number of hydrogen-bond donors (Lipinski definition) is 2. The molecule has 0 spiro atoms. The van der Waals surface area contributed by atoms with Crippen LogP contribution in [0.4, 0.5) is 18.9 Å². The first kappa shape index (κ1) is 24.0. The van der Waals surface area contributed by atoms with Crippen LogP contribution in [0.1, 0.15) is 30.9 Å². The van der Waals surface area contributed by atoms with Gasteiger partial charge in [-0.2, -0.15) is 13.2 Å². The van der Waals surface area contributed by atoms with Crippen LogP contribution >= 0.6 is 0 Å². The second-order valence-electron chi connectivity index (χ2n) is 9.26. The lowest BCUT2D eigenvalue weighted by Crippen LogP contribution is -2.37. The molecule has 7 nitrogen and oxygen atoms in total. The summed E-state index contributed by atoms with van der Waals surface area (Å²) in [7, 11) is 0. The number of hydrazine groups is 1. The van der Waals surface area contributed by atoms with Crippen LogP contribution in [0, 0.1) is 5.92 Å². The minimum absolute atomic E-state index is 0.0677. The second-order valence-corrected chi connectivity index (χ2v) is 9.26. The molecule has 1 aliphatic heterocycles. The molecule has 1 aromatic carbocycles. The third kappa shape index (κ3) is 4.88. The summed E-state index contributed by atoms with van der Waals surface area (Å²) in [5, 5.41) is 1.14. The van der Waals surface area contributed by atoms with E-state index < -0.39 is 23.0 Å². The maximum absolute atomic E-state index is 12.9. The van der Waals surface area contributed by atoms with Crippen LogP contribution in [0.5, 0.6) is 0 Å². The number of nitrogens with two attached hydrogens (primary N) is 1. The van der Waals surface area contributed by atoms with Gasteiger partial charge >= 0.3 is 11.9 Å². The fourth-order valence-electron chi connectivity index (χ4n) is 4.80. The van der Waals surface area contributed by atoms with Crippen molar-refractivity contribution in [1.82, 2.24) is 14.5 Å². The van der Waals surface area contributed by atoms with Gasteiger partial charge in [0.15, 0.2) is 0 Å². The molecule has 2 heterocycles. The van der Waals surface area contributed by atoms with Crippen molar-refractivity contribution < 1.29 is 13.2 Å². The zero-order chi connectivity index (χ0) is 24.7. The van der Waals surface area contributed by atoms with Crippen molar-refractivity contribution in [3.05, 3.63) is 86.9 Å². The number of allylic oxidation sites excluding steroid dienone is 2. The number of alkyl halides is 3. The van der Waals surface area contributed by atoms with E-state index in [4.69, 9.17) is 5.84 Å². The Bertz CT molecular complexity index is 1210. The topological polar surface area (TPSA) is 87.4 Å². The molecule has 34 heavy (non-hydrogen) atoms. The summed E-state index contributed by atoms with van der Waals surface area (Å²) in [6.07, 6.45) is 1.92. The molecule has 1 aliphatic carbocycles. The molecule has 10 heteroatoms. The van der Waals surface area contributed by atoms with E-state index in [1.165, 1.54) is 17.0 Å². The molecule has 2 fully saturated rings. The first-order valence-corrected chi connectivity index (χ1v) is 11.1. The van der Waals surface area contributed by atoms with E-state index in [1.54, 1.807) is 25.1 Å². The largest absolute Gasteiger partial charge is 0.416 e. The summed E-state index contributed by atoms with van der Waals surface area (Å²) >= 11 is 0. The van der Waals surface area contributed by atoms with E-state index >= 15 is 0 Å². The number of H-pyrrole nitrogens is 1. The molecule has 0 amide bonds. The van der Waals surface area contributed by atoms with Gasteiger partial charge in [0.2, 0.25) is 0 Å². The highest BCUT2D eigenvalue weighted by atomic mass is 19.4. The summed E-state index contributed by atoms with van der Waals surface area (Å²) in [6, 6.07) is 5.53. The van der Waals surface area contributed by atoms with E-state index in [0.717, 1.165) is 54.3 Å². The number of rotatable bonds is 8. The van der Waals surface area contributed by atoms with Gasteiger partial charge in [-0.25, -0.2) is 10.6 Å². The molecule has 0 radical (unpaired) electrons. The summed E-state index contributed by atoms with van der Waals surface area (Å²) < 4.78 is 40.0.